The van der Waals surface area contributed by atoms with Crippen LogP contribution in [0.1, 0.15) is 17.4 Å². The number of nitrogens with one attached hydrogen (secondary N) is 1. The zero-order valence-corrected chi connectivity index (χ0v) is 14.0. The Morgan fingerprint density at radius 1 is 0.950 bits per heavy atom. The molecule has 1 N–H and O–H groups in total. The topological polar surface area (TPSA) is 25.2 Å². The highest BCUT2D eigenvalue weighted by Gasteiger charge is 2.16. The van der Waals surface area contributed by atoms with E-state index in [1.54, 1.807) is 0 Å². The van der Waals surface area contributed by atoms with E-state index in [0.29, 0.717) is 0 Å². The number of hydrogen-bond donors (Lipinski definition) is 1. The summed E-state index contributed by atoms with van der Waals surface area (Å²) in [5, 5.41) is 5.74. The van der Waals surface area contributed by atoms with Gasteiger partial charge in [-0.15, -0.1) is 0 Å². The molecule has 0 aliphatic heterocycles. The van der Waals surface area contributed by atoms with Crippen molar-refractivity contribution in [3.63, 3.8) is 0 Å². The quantitative estimate of drug-likeness (QED) is 0.654. The van der Waals surface area contributed by atoms with E-state index < -0.39 is 0 Å². The molecule has 3 aromatic rings. The summed E-state index contributed by atoms with van der Waals surface area (Å²) < 4.78 is 7.51. The van der Waals surface area contributed by atoms with Gasteiger partial charge < -0.3 is 9.73 Å². The van der Waals surface area contributed by atoms with E-state index in [9.17, 15) is 0 Å². The van der Waals surface area contributed by atoms with Crippen LogP contribution in [0.2, 0.25) is 0 Å². The minimum atomic E-state index is 0.0503. The monoisotopic (exact) mass is 393 g/mol. The second-order valence-electron chi connectivity index (χ2n) is 4.61. The molecule has 0 aliphatic rings. The Bertz CT molecular complexity index is 751. The molecule has 0 radical (unpaired) electrons. The van der Waals surface area contributed by atoms with Gasteiger partial charge in [-0.1, -0.05) is 34.1 Å². The predicted molar refractivity (Wildman–Crippen MR) is 89.0 cm³/mol. The van der Waals surface area contributed by atoms with Crippen molar-refractivity contribution < 1.29 is 4.42 Å². The first-order chi connectivity index (χ1) is 9.67. The van der Waals surface area contributed by atoms with Crippen molar-refractivity contribution in [2.75, 3.05) is 7.05 Å². The SMILES string of the molecule is CNC(c1ccc2cc(Br)ccc2c1)c1ccc(Br)o1. The molecule has 0 amide bonds. The van der Waals surface area contributed by atoms with Crippen LogP contribution in [0.3, 0.4) is 0 Å². The van der Waals surface area contributed by atoms with E-state index >= 15 is 0 Å². The van der Waals surface area contributed by atoms with Crippen molar-refractivity contribution in [3.05, 3.63) is 69.0 Å². The van der Waals surface area contributed by atoms with Gasteiger partial charge in [-0.3, -0.25) is 0 Å². The summed E-state index contributed by atoms with van der Waals surface area (Å²) in [4.78, 5) is 0. The minimum absolute atomic E-state index is 0.0503. The fourth-order valence-electron chi connectivity index (χ4n) is 2.37. The molecular formula is C16H13Br2NO. The molecule has 0 saturated carbocycles. The average Bonchev–Trinajstić information content (AvgIpc) is 2.86. The van der Waals surface area contributed by atoms with Gasteiger partial charge in [-0.2, -0.15) is 0 Å². The van der Waals surface area contributed by atoms with Crippen LogP contribution >= 0.6 is 31.9 Å². The van der Waals surface area contributed by atoms with E-state index in [4.69, 9.17) is 4.42 Å². The van der Waals surface area contributed by atoms with Crippen molar-refractivity contribution in [2.24, 2.45) is 0 Å². The third kappa shape index (κ3) is 2.68. The molecule has 1 aromatic heterocycles. The van der Waals surface area contributed by atoms with Gasteiger partial charge >= 0.3 is 0 Å². The molecule has 3 rings (SSSR count). The van der Waals surface area contributed by atoms with Gasteiger partial charge in [-0.05, 0) is 69.6 Å². The smallest absolute Gasteiger partial charge is 0.169 e. The van der Waals surface area contributed by atoms with Crippen molar-refractivity contribution >= 4 is 42.6 Å². The van der Waals surface area contributed by atoms with Crippen molar-refractivity contribution in [1.82, 2.24) is 5.32 Å². The molecule has 1 unspecified atom stereocenters. The lowest BCUT2D eigenvalue weighted by molar-refractivity contribution is 0.447. The van der Waals surface area contributed by atoms with Gasteiger partial charge in [0.2, 0.25) is 0 Å². The van der Waals surface area contributed by atoms with Crippen LogP contribution in [0.15, 0.2) is 62.1 Å². The molecule has 4 heteroatoms. The van der Waals surface area contributed by atoms with Gasteiger partial charge in [0.05, 0.1) is 6.04 Å². The van der Waals surface area contributed by atoms with Gasteiger partial charge in [0.25, 0.3) is 0 Å². The third-order valence-electron chi connectivity index (χ3n) is 3.33. The molecule has 0 aliphatic carbocycles. The van der Waals surface area contributed by atoms with Gasteiger partial charge in [-0.25, -0.2) is 0 Å². The number of hydrogen-bond acceptors (Lipinski definition) is 2. The maximum absolute atomic E-state index is 5.67. The Hall–Kier alpha value is -1.10. The van der Waals surface area contributed by atoms with E-state index in [0.717, 1.165) is 14.9 Å². The molecule has 102 valence electrons. The predicted octanol–water partition coefficient (Wildman–Crippen LogP) is 5.27. The molecule has 1 heterocycles. The summed E-state index contributed by atoms with van der Waals surface area (Å²) >= 11 is 6.85. The van der Waals surface area contributed by atoms with E-state index in [1.807, 2.05) is 19.2 Å². The summed E-state index contributed by atoms with van der Waals surface area (Å²) in [7, 11) is 1.94. The van der Waals surface area contributed by atoms with E-state index in [2.05, 4.69) is 73.6 Å². The first-order valence-corrected chi connectivity index (χ1v) is 7.87. The van der Waals surface area contributed by atoms with Gasteiger partial charge in [0, 0.05) is 4.47 Å². The van der Waals surface area contributed by atoms with Crippen LogP contribution in [0.5, 0.6) is 0 Å². The number of benzene rings is 2. The Morgan fingerprint density at radius 3 is 2.40 bits per heavy atom. The Balaban J connectivity index is 2.05. The molecule has 0 bridgehead atoms. The highest BCUT2D eigenvalue weighted by molar-refractivity contribution is 9.10. The minimum Gasteiger partial charge on any atom is -0.452 e. The number of furan rings is 1. The van der Waals surface area contributed by atoms with Gasteiger partial charge in [0.15, 0.2) is 4.67 Å². The molecular weight excluding hydrogens is 382 g/mol. The largest absolute Gasteiger partial charge is 0.452 e. The average molecular weight is 395 g/mol. The lowest BCUT2D eigenvalue weighted by Crippen LogP contribution is -2.16. The molecule has 1 atom stereocenters. The summed E-state index contributed by atoms with van der Waals surface area (Å²) in [6.45, 7) is 0. The maximum atomic E-state index is 5.67. The summed E-state index contributed by atoms with van der Waals surface area (Å²) in [5.74, 6) is 0.899. The first kappa shape index (κ1) is 13.9. The van der Waals surface area contributed by atoms with Crippen molar-refractivity contribution in [1.29, 1.82) is 0 Å². The highest BCUT2D eigenvalue weighted by atomic mass is 79.9. The summed E-state index contributed by atoms with van der Waals surface area (Å²) in [6, 6.07) is 16.7. The summed E-state index contributed by atoms with van der Waals surface area (Å²) in [6.07, 6.45) is 0. The molecule has 2 aromatic carbocycles. The fourth-order valence-corrected chi connectivity index (χ4v) is 3.07. The van der Waals surface area contributed by atoms with Crippen molar-refractivity contribution in [2.45, 2.75) is 6.04 Å². The van der Waals surface area contributed by atoms with Gasteiger partial charge in [0.1, 0.15) is 5.76 Å². The third-order valence-corrected chi connectivity index (χ3v) is 4.25. The highest BCUT2D eigenvalue weighted by Crippen LogP contribution is 2.29. The molecule has 2 nitrogen and oxygen atoms in total. The van der Waals surface area contributed by atoms with Crippen LogP contribution in [-0.2, 0) is 0 Å². The first-order valence-electron chi connectivity index (χ1n) is 6.29. The zero-order chi connectivity index (χ0) is 14.1. The Morgan fingerprint density at radius 2 is 1.70 bits per heavy atom. The number of halogens is 2. The van der Waals surface area contributed by atoms with Crippen molar-refractivity contribution in [3.8, 4) is 0 Å². The van der Waals surface area contributed by atoms with Crippen LogP contribution in [-0.4, -0.2) is 7.05 Å². The van der Waals surface area contributed by atoms with Crippen LogP contribution in [0.4, 0.5) is 0 Å². The normalized spacial score (nSPS) is 12.8. The van der Waals surface area contributed by atoms with Crippen LogP contribution in [0, 0.1) is 0 Å². The Kier molecular flexibility index (Phi) is 3.96. The molecule has 20 heavy (non-hydrogen) atoms. The Labute approximate surface area is 134 Å². The zero-order valence-electron chi connectivity index (χ0n) is 10.9. The molecule has 0 fully saturated rings. The second-order valence-corrected chi connectivity index (χ2v) is 6.31. The molecule has 0 saturated heterocycles. The second kappa shape index (κ2) is 5.72. The summed E-state index contributed by atoms with van der Waals surface area (Å²) in [5.41, 5.74) is 1.18. The maximum Gasteiger partial charge on any atom is 0.169 e. The van der Waals surface area contributed by atoms with E-state index in [1.165, 1.54) is 16.3 Å². The molecule has 0 spiro atoms. The lowest BCUT2D eigenvalue weighted by atomic mass is 10.0. The number of rotatable bonds is 3. The fraction of sp³-hybridized carbons (Fsp3) is 0.125. The van der Waals surface area contributed by atoms with Crippen LogP contribution in [0.25, 0.3) is 10.8 Å². The van der Waals surface area contributed by atoms with Crippen LogP contribution < -0.4 is 5.32 Å². The van der Waals surface area contributed by atoms with E-state index in [-0.39, 0.29) is 6.04 Å². The lowest BCUT2D eigenvalue weighted by Gasteiger charge is -2.15. The number of fused-ring (bicyclic) bond motifs is 1. The standard InChI is InChI=1S/C16H13Br2NO/c1-19-16(14-6-7-15(18)20-14)12-3-2-11-9-13(17)5-4-10(11)8-12/h2-9,16,19H,1H3.